The second-order valence-electron chi connectivity index (χ2n) is 6.75. The molecule has 0 radical (unpaired) electrons. The molecule has 23 heavy (non-hydrogen) atoms. The highest BCUT2D eigenvalue weighted by atomic mass is 16.6. The van der Waals surface area contributed by atoms with Crippen LogP contribution in [0.1, 0.15) is 37.5 Å². The first kappa shape index (κ1) is 17.0. The van der Waals surface area contributed by atoms with Crippen LogP contribution in [0.4, 0.5) is 10.6 Å². The molecule has 0 unspecified atom stereocenters. The molecule has 2 rings (SSSR count). The molecular formula is C19H24N2O2. The zero-order valence-corrected chi connectivity index (χ0v) is 14.5. The summed E-state index contributed by atoms with van der Waals surface area (Å²) >= 11 is 0. The van der Waals surface area contributed by atoms with Gasteiger partial charge in [-0.25, -0.2) is 9.78 Å². The Labute approximate surface area is 138 Å². The number of rotatable bonds is 3. The van der Waals surface area contributed by atoms with E-state index < -0.39 is 11.7 Å². The summed E-state index contributed by atoms with van der Waals surface area (Å²) in [7, 11) is 0. The van der Waals surface area contributed by atoms with Crippen LogP contribution >= 0.6 is 0 Å². The maximum absolute atomic E-state index is 12.6. The Hall–Kier alpha value is -2.36. The smallest absolute Gasteiger partial charge is 0.416 e. The Balaban J connectivity index is 2.33. The van der Waals surface area contributed by atoms with Crippen molar-refractivity contribution < 1.29 is 9.53 Å². The number of aryl methyl sites for hydroxylation is 2. The Morgan fingerprint density at radius 3 is 2.43 bits per heavy atom. The number of hydrogen-bond acceptors (Lipinski definition) is 3. The lowest BCUT2D eigenvalue weighted by Crippen LogP contribution is -2.37. The van der Waals surface area contributed by atoms with Gasteiger partial charge in [-0.1, -0.05) is 29.8 Å². The van der Waals surface area contributed by atoms with Crippen LogP contribution in [0.15, 0.2) is 42.6 Å². The molecular weight excluding hydrogens is 288 g/mol. The van der Waals surface area contributed by atoms with Gasteiger partial charge in [0.1, 0.15) is 11.4 Å². The number of anilines is 1. The summed E-state index contributed by atoms with van der Waals surface area (Å²) in [6.07, 6.45) is 1.32. The van der Waals surface area contributed by atoms with Crippen LogP contribution in [0.25, 0.3) is 0 Å². The molecule has 4 nitrogen and oxygen atoms in total. The summed E-state index contributed by atoms with van der Waals surface area (Å²) in [4.78, 5) is 18.5. The third-order valence-electron chi connectivity index (χ3n) is 3.21. The lowest BCUT2D eigenvalue weighted by molar-refractivity contribution is 0.0576. The van der Waals surface area contributed by atoms with Crippen LogP contribution in [0.5, 0.6) is 0 Å². The molecule has 0 aliphatic carbocycles. The standard InChI is InChI=1S/C19H24N2O2/c1-14-7-6-8-16(11-14)13-21(18(22)23-19(3,4)5)17-12-15(2)9-10-20-17/h6-12H,13H2,1-5H3. The van der Waals surface area contributed by atoms with E-state index in [1.165, 1.54) is 0 Å². The molecule has 0 fully saturated rings. The second-order valence-corrected chi connectivity index (χ2v) is 6.75. The predicted octanol–water partition coefficient (Wildman–Crippen LogP) is 4.64. The number of pyridine rings is 1. The lowest BCUT2D eigenvalue weighted by atomic mass is 10.1. The molecule has 122 valence electrons. The number of aromatic nitrogens is 1. The van der Waals surface area contributed by atoms with E-state index in [-0.39, 0.29) is 0 Å². The maximum atomic E-state index is 12.6. The van der Waals surface area contributed by atoms with Gasteiger partial charge < -0.3 is 4.74 Å². The van der Waals surface area contributed by atoms with E-state index in [1.807, 2.05) is 65.0 Å². The second kappa shape index (κ2) is 6.82. The number of benzene rings is 1. The first-order valence-electron chi connectivity index (χ1n) is 7.73. The summed E-state index contributed by atoms with van der Waals surface area (Å²) in [5, 5.41) is 0. The Kier molecular flexibility index (Phi) is 5.04. The Bertz CT molecular complexity index is 690. The molecule has 2 aromatic rings. The maximum Gasteiger partial charge on any atom is 0.416 e. The number of hydrogen-bond donors (Lipinski definition) is 0. The van der Waals surface area contributed by atoms with E-state index in [9.17, 15) is 4.79 Å². The fourth-order valence-electron chi connectivity index (χ4n) is 2.22. The minimum absolute atomic E-state index is 0.392. The first-order chi connectivity index (χ1) is 10.7. The topological polar surface area (TPSA) is 42.4 Å². The molecule has 0 saturated carbocycles. The molecule has 0 N–H and O–H groups in total. The molecule has 1 aromatic heterocycles. The summed E-state index contributed by atoms with van der Waals surface area (Å²) in [5.74, 6) is 0.598. The molecule has 0 aliphatic rings. The number of ether oxygens (including phenoxy) is 1. The van der Waals surface area contributed by atoms with E-state index in [2.05, 4.69) is 11.1 Å². The van der Waals surface area contributed by atoms with E-state index in [4.69, 9.17) is 4.74 Å². The van der Waals surface area contributed by atoms with Crippen LogP contribution in [-0.2, 0) is 11.3 Å². The van der Waals surface area contributed by atoms with E-state index in [0.717, 1.165) is 16.7 Å². The molecule has 1 aromatic carbocycles. The van der Waals surface area contributed by atoms with Gasteiger partial charge in [0.15, 0.2) is 0 Å². The zero-order valence-electron chi connectivity index (χ0n) is 14.5. The molecule has 4 heteroatoms. The van der Waals surface area contributed by atoms with Crippen molar-refractivity contribution in [2.75, 3.05) is 4.90 Å². The molecule has 0 atom stereocenters. The van der Waals surface area contributed by atoms with Gasteiger partial charge in [-0.15, -0.1) is 0 Å². The van der Waals surface area contributed by atoms with E-state index in [1.54, 1.807) is 11.1 Å². The molecule has 0 bridgehead atoms. The van der Waals surface area contributed by atoms with Crippen molar-refractivity contribution in [2.45, 2.75) is 46.8 Å². The number of nitrogens with zero attached hydrogens (tertiary/aromatic N) is 2. The van der Waals surface area contributed by atoms with Crippen molar-refractivity contribution in [3.05, 3.63) is 59.3 Å². The predicted molar refractivity (Wildman–Crippen MR) is 92.6 cm³/mol. The molecule has 1 amide bonds. The van der Waals surface area contributed by atoms with Crippen LogP contribution in [-0.4, -0.2) is 16.7 Å². The van der Waals surface area contributed by atoms with Gasteiger partial charge in [0.2, 0.25) is 0 Å². The van der Waals surface area contributed by atoms with Gasteiger partial charge in [-0.2, -0.15) is 0 Å². The highest BCUT2D eigenvalue weighted by molar-refractivity contribution is 5.86. The van der Waals surface area contributed by atoms with Crippen LogP contribution in [0.3, 0.4) is 0 Å². The van der Waals surface area contributed by atoms with Crippen LogP contribution in [0.2, 0.25) is 0 Å². The van der Waals surface area contributed by atoms with Crippen molar-refractivity contribution >= 4 is 11.9 Å². The third-order valence-corrected chi connectivity index (χ3v) is 3.21. The summed E-state index contributed by atoms with van der Waals surface area (Å²) in [6, 6.07) is 11.9. The van der Waals surface area contributed by atoms with Crippen molar-refractivity contribution in [3.8, 4) is 0 Å². The van der Waals surface area contributed by atoms with Gasteiger partial charge in [-0.05, 0) is 57.9 Å². The van der Waals surface area contributed by atoms with Crippen molar-refractivity contribution in [1.29, 1.82) is 0 Å². The van der Waals surface area contributed by atoms with Gasteiger partial charge in [0.05, 0.1) is 6.54 Å². The molecule has 1 heterocycles. The van der Waals surface area contributed by atoms with Crippen LogP contribution in [0, 0.1) is 13.8 Å². The van der Waals surface area contributed by atoms with Crippen LogP contribution < -0.4 is 4.90 Å². The largest absolute Gasteiger partial charge is 0.443 e. The quantitative estimate of drug-likeness (QED) is 0.829. The average molecular weight is 312 g/mol. The average Bonchev–Trinajstić information content (AvgIpc) is 2.43. The van der Waals surface area contributed by atoms with Crippen molar-refractivity contribution in [3.63, 3.8) is 0 Å². The normalized spacial score (nSPS) is 11.2. The first-order valence-corrected chi connectivity index (χ1v) is 7.73. The van der Waals surface area contributed by atoms with Gasteiger partial charge in [0.25, 0.3) is 0 Å². The summed E-state index contributed by atoms with van der Waals surface area (Å²) < 4.78 is 5.54. The monoisotopic (exact) mass is 312 g/mol. The van der Waals surface area contributed by atoms with E-state index in [0.29, 0.717) is 12.4 Å². The SMILES string of the molecule is Cc1cccc(CN(C(=O)OC(C)(C)C)c2cc(C)ccn2)c1. The summed E-state index contributed by atoms with van der Waals surface area (Å²) in [6.45, 7) is 10.0. The fraction of sp³-hybridized carbons (Fsp3) is 0.368. The van der Waals surface area contributed by atoms with Gasteiger partial charge >= 0.3 is 6.09 Å². The van der Waals surface area contributed by atoms with Crippen molar-refractivity contribution in [1.82, 2.24) is 4.98 Å². The molecule has 0 spiro atoms. The fourth-order valence-corrected chi connectivity index (χ4v) is 2.22. The van der Waals surface area contributed by atoms with Gasteiger partial charge in [-0.3, -0.25) is 4.90 Å². The minimum Gasteiger partial charge on any atom is -0.443 e. The summed E-state index contributed by atoms with van der Waals surface area (Å²) in [5.41, 5.74) is 2.70. The zero-order chi connectivity index (χ0) is 17.0. The Morgan fingerprint density at radius 2 is 1.83 bits per heavy atom. The lowest BCUT2D eigenvalue weighted by Gasteiger charge is -2.27. The highest BCUT2D eigenvalue weighted by Gasteiger charge is 2.24. The van der Waals surface area contributed by atoms with E-state index >= 15 is 0 Å². The highest BCUT2D eigenvalue weighted by Crippen LogP contribution is 2.20. The Morgan fingerprint density at radius 1 is 1.13 bits per heavy atom. The molecule has 0 saturated heterocycles. The number of carbonyl (C=O) groups excluding carboxylic acids is 1. The van der Waals surface area contributed by atoms with Crippen molar-refractivity contribution in [2.24, 2.45) is 0 Å². The number of carbonyl (C=O) groups is 1. The number of amides is 1. The molecule has 0 aliphatic heterocycles. The van der Waals surface area contributed by atoms with Gasteiger partial charge in [0, 0.05) is 6.20 Å². The minimum atomic E-state index is -0.550. The third kappa shape index (κ3) is 5.09.